The van der Waals surface area contributed by atoms with E-state index in [0.29, 0.717) is 5.82 Å². The molecule has 3 aromatic carbocycles. The molecule has 0 N–H and O–H groups in total. The molecule has 148 valence electrons. The van der Waals surface area contributed by atoms with E-state index >= 15 is 0 Å². The summed E-state index contributed by atoms with van der Waals surface area (Å²) in [5, 5.41) is 0. The van der Waals surface area contributed by atoms with Crippen molar-refractivity contribution in [3.8, 4) is 45.2 Å². The summed E-state index contributed by atoms with van der Waals surface area (Å²) < 4.78 is 0.935. The van der Waals surface area contributed by atoms with E-state index in [9.17, 15) is 0 Å². The molecular weight excluding hydrogens is 446 g/mol. The van der Waals surface area contributed by atoms with Gasteiger partial charge in [0.2, 0.25) is 0 Å². The van der Waals surface area contributed by atoms with Crippen molar-refractivity contribution in [2.75, 3.05) is 0 Å². The van der Waals surface area contributed by atoms with E-state index in [1.807, 2.05) is 54.6 Å². The molecule has 3 nitrogen and oxygen atoms in total. The van der Waals surface area contributed by atoms with Crippen LogP contribution < -0.4 is 0 Å². The summed E-state index contributed by atoms with van der Waals surface area (Å²) in [5.41, 5.74) is 6.86. The zero-order valence-corrected chi connectivity index (χ0v) is 18.2. The smallest absolute Gasteiger partial charge is 0.160 e. The molecule has 0 bridgehead atoms. The molecule has 0 saturated carbocycles. The van der Waals surface area contributed by atoms with Crippen molar-refractivity contribution in [1.29, 1.82) is 0 Å². The van der Waals surface area contributed by atoms with Crippen LogP contribution in [0.25, 0.3) is 45.2 Å². The van der Waals surface area contributed by atoms with Gasteiger partial charge in [-0.25, -0.2) is 9.97 Å². The SMILES string of the molecule is Brc1ccc(-c2cc(-c3ccc(-c4ccccc4)cc3)nc(-c3ccccc3)n2)nc1. The first kappa shape index (κ1) is 19.3. The van der Waals surface area contributed by atoms with Crippen LogP contribution in [0.3, 0.4) is 0 Å². The van der Waals surface area contributed by atoms with E-state index in [0.717, 1.165) is 32.7 Å². The van der Waals surface area contributed by atoms with Crippen LogP contribution in [0.15, 0.2) is 114 Å². The third-order valence-corrected chi connectivity index (χ3v) is 5.50. The van der Waals surface area contributed by atoms with Gasteiger partial charge < -0.3 is 0 Å². The van der Waals surface area contributed by atoms with Gasteiger partial charge in [-0.2, -0.15) is 0 Å². The summed E-state index contributed by atoms with van der Waals surface area (Å²) in [6.07, 6.45) is 1.79. The molecule has 31 heavy (non-hydrogen) atoms. The van der Waals surface area contributed by atoms with Gasteiger partial charge in [-0.1, -0.05) is 84.9 Å². The summed E-state index contributed by atoms with van der Waals surface area (Å²) in [5.74, 6) is 0.685. The van der Waals surface area contributed by atoms with Crippen LogP contribution in [0.5, 0.6) is 0 Å². The molecule has 0 amide bonds. The van der Waals surface area contributed by atoms with E-state index < -0.39 is 0 Å². The molecule has 4 heteroatoms. The van der Waals surface area contributed by atoms with Crippen LogP contribution in [0.2, 0.25) is 0 Å². The Labute approximate surface area is 189 Å². The van der Waals surface area contributed by atoms with Gasteiger partial charge in [-0.15, -0.1) is 0 Å². The quantitative estimate of drug-likeness (QED) is 0.280. The van der Waals surface area contributed by atoms with Gasteiger partial charge in [-0.3, -0.25) is 4.98 Å². The number of nitrogens with zero attached hydrogens (tertiary/aromatic N) is 3. The largest absolute Gasteiger partial charge is 0.253 e. The van der Waals surface area contributed by atoms with Crippen molar-refractivity contribution in [1.82, 2.24) is 15.0 Å². The van der Waals surface area contributed by atoms with Gasteiger partial charge >= 0.3 is 0 Å². The number of rotatable bonds is 4. The highest BCUT2D eigenvalue weighted by Gasteiger charge is 2.11. The summed E-state index contributed by atoms with van der Waals surface area (Å²) in [6.45, 7) is 0. The molecule has 5 aromatic rings. The predicted octanol–water partition coefficient (Wildman–Crippen LogP) is 7.30. The number of hydrogen-bond acceptors (Lipinski definition) is 3. The van der Waals surface area contributed by atoms with E-state index in [-0.39, 0.29) is 0 Å². The van der Waals surface area contributed by atoms with Crippen LogP contribution >= 0.6 is 15.9 Å². The zero-order chi connectivity index (χ0) is 21.0. The first-order valence-corrected chi connectivity index (χ1v) is 10.8. The Morgan fingerprint density at radius 1 is 0.484 bits per heavy atom. The van der Waals surface area contributed by atoms with E-state index in [2.05, 4.69) is 69.4 Å². The highest BCUT2D eigenvalue weighted by atomic mass is 79.9. The predicted molar refractivity (Wildman–Crippen MR) is 129 cm³/mol. The van der Waals surface area contributed by atoms with Gasteiger partial charge in [0.05, 0.1) is 17.1 Å². The Morgan fingerprint density at radius 3 is 1.71 bits per heavy atom. The minimum absolute atomic E-state index is 0.685. The summed E-state index contributed by atoms with van der Waals surface area (Å²) in [4.78, 5) is 14.2. The first-order valence-electron chi connectivity index (χ1n) is 9.98. The number of benzene rings is 3. The van der Waals surface area contributed by atoms with Crippen molar-refractivity contribution in [3.63, 3.8) is 0 Å². The molecule has 2 aromatic heterocycles. The third-order valence-electron chi connectivity index (χ3n) is 5.04. The molecule has 0 saturated heterocycles. The zero-order valence-electron chi connectivity index (χ0n) is 16.6. The Kier molecular flexibility index (Phi) is 5.38. The monoisotopic (exact) mass is 463 g/mol. The number of halogens is 1. The molecular formula is C27H18BrN3. The van der Waals surface area contributed by atoms with E-state index in [1.54, 1.807) is 6.20 Å². The Balaban J connectivity index is 1.60. The van der Waals surface area contributed by atoms with Crippen molar-refractivity contribution in [3.05, 3.63) is 114 Å². The highest BCUT2D eigenvalue weighted by molar-refractivity contribution is 9.10. The van der Waals surface area contributed by atoms with Gasteiger partial charge in [0.25, 0.3) is 0 Å². The molecule has 0 fully saturated rings. The van der Waals surface area contributed by atoms with Crippen LogP contribution in [-0.4, -0.2) is 15.0 Å². The number of pyridine rings is 1. The fourth-order valence-electron chi connectivity index (χ4n) is 3.43. The highest BCUT2D eigenvalue weighted by Crippen LogP contribution is 2.29. The average molecular weight is 464 g/mol. The molecule has 0 aliphatic heterocycles. The maximum absolute atomic E-state index is 4.87. The summed E-state index contributed by atoms with van der Waals surface area (Å²) in [7, 11) is 0. The average Bonchev–Trinajstić information content (AvgIpc) is 2.85. The van der Waals surface area contributed by atoms with Crippen molar-refractivity contribution < 1.29 is 0 Å². The molecule has 0 unspecified atom stereocenters. The number of hydrogen-bond donors (Lipinski definition) is 0. The van der Waals surface area contributed by atoms with Crippen molar-refractivity contribution >= 4 is 15.9 Å². The summed E-state index contributed by atoms with van der Waals surface area (Å²) in [6, 6.07) is 34.8. The molecule has 2 heterocycles. The molecule has 0 spiro atoms. The van der Waals surface area contributed by atoms with Gasteiger partial charge in [-0.05, 0) is 45.3 Å². The molecule has 5 rings (SSSR count). The lowest BCUT2D eigenvalue weighted by atomic mass is 10.0. The fraction of sp³-hybridized carbons (Fsp3) is 0. The lowest BCUT2D eigenvalue weighted by Gasteiger charge is -2.10. The fourth-order valence-corrected chi connectivity index (χ4v) is 3.67. The standard InChI is InChI=1S/C27H18BrN3/c28-23-15-16-24(29-18-23)26-17-25(30-27(31-26)22-9-5-2-6-10-22)21-13-11-20(12-14-21)19-7-3-1-4-8-19/h1-18H. The van der Waals surface area contributed by atoms with E-state index in [1.165, 1.54) is 11.1 Å². The first-order chi connectivity index (χ1) is 15.3. The maximum Gasteiger partial charge on any atom is 0.160 e. The van der Waals surface area contributed by atoms with E-state index in [4.69, 9.17) is 9.97 Å². The van der Waals surface area contributed by atoms with Crippen molar-refractivity contribution in [2.24, 2.45) is 0 Å². The summed E-state index contributed by atoms with van der Waals surface area (Å²) >= 11 is 3.45. The molecule has 0 atom stereocenters. The van der Waals surface area contributed by atoms with Crippen LogP contribution in [0, 0.1) is 0 Å². The second-order valence-electron chi connectivity index (χ2n) is 7.13. The minimum Gasteiger partial charge on any atom is -0.253 e. The topological polar surface area (TPSA) is 38.7 Å². The van der Waals surface area contributed by atoms with Crippen LogP contribution in [0.1, 0.15) is 0 Å². The lowest BCUT2D eigenvalue weighted by Crippen LogP contribution is -1.96. The van der Waals surface area contributed by atoms with Gasteiger partial charge in [0.1, 0.15) is 0 Å². The Hall–Kier alpha value is -3.63. The Morgan fingerprint density at radius 2 is 1.06 bits per heavy atom. The molecule has 0 aliphatic rings. The molecule has 0 radical (unpaired) electrons. The lowest BCUT2D eigenvalue weighted by molar-refractivity contribution is 1.16. The van der Waals surface area contributed by atoms with Gasteiger partial charge in [0.15, 0.2) is 5.82 Å². The second kappa shape index (κ2) is 8.62. The van der Waals surface area contributed by atoms with Crippen molar-refractivity contribution in [2.45, 2.75) is 0 Å². The maximum atomic E-state index is 4.87. The third kappa shape index (κ3) is 4.30. The minimum atomic E-state index is 0.685. The second-order valence-corrected chi connectivity index (χ2v) is 8.05. The van der Waals surface area contributed by atoms with Gasteiger partial charge in [0, 0.05) is 21.8 Å². The van der Waals surface area contributed by atoms with Crippen LogP contribution in [-0.2, 0) is 0 Å². The number of aromatic nitrogens is 3. The normalized spacial score (nSPS) is 10.7. The van der Waals surface area contributed by atoms with Crippen LogP contribution in [0.4, 0.5) is 0 Å². The Bertz CT molecular complexity index is 1300. The molecule has 0 aliphatic carbocycles.